The first kappa shape index (κ1) is 18.8. The van der Waals surface area contributed by atoms with Gasteiger partial charge < -0.3 is 20.9 Å². The van der Waals surface area contributed by atoms with Gasteiger partial charge in [-0.05, 0) is 42.8 Å². The van der Waals surface area contributed by atoms with E-state index in [1.165, 1.54) is 13.4 Å². The number of carbonyl (C=O) groups excluding carboxylic acids is 3. The second kappa shape index (κ2) is 8.17. The minimum atomic E-state index is -0.493. The molecule has 3 amide bonds. The van der Waals surface area contributed by atoms with E-state index in [9.17, 15) is 14.4 Å². The maximum absolute atomic E-state index is 12.4. The van der Waals surface area contributed by atoms with Crippen molar-refractivity contribution in [2.45, 2.75) is 6.92 Å². The Hall–Kier alpha value is -3.94. The fourth-order valence-electron chi connectivity index (χ4n) is 2.61. The van der Waals surface area contributed by atoms with Gasteiger partial charge in [-0.3, -0.25) is 14.4 Å². The Morgan fingerprint density at radius 2 is 1.46 bits per heavy atom. The number of anilines is 2. The van der Waals surface area contributed by atoms with Crippen LogP contribution < -0.4 is 16.0 Å². The van der Waals surface area contributed by atoms with Crippen molar-refractivity contribution in [3.05, 3.63) is 77.4 Å². The zero-order valence-electron chi connectivity index (χ0n) is 15.4. The Morgan fingerprint density at radius 1 is 0.857 bits per heavy atom. The number of rotatable bonds is 5. The van der Waals surface area contributed by atoms with Gasteiger partial charge in [-0.1, -0.05) is 18.2 Å². The Morgan fingerprint density at radius 3 is 2.07 bits per heavy atom. The van der Waals surface area contributed by atoms with Crippen molar-refractivity contribution in [1.29, 1.82) is 0 Å². The van der Waals surface area contributed by atoms with Crippen molar-refractivity contribution in [2.75, 3.05) is 17.7 Å². The van der Waals surface area contributed by atoms with Gasteiger partial charge in [0, 0.05) is 24.0 Å². The summed E-state index contributed by atoms with van der Waals surface area (Å²) in [6, 6.07) is 14.0. The van der Waals surface area contributed by atoms with Gasteiger partial charge in [0.25, 0.3) is 17.7 Å². The molecule has 0 aliphatic carbocycles. The molecule has 0 saturated carbocycles. The standard InChI is InChI=1S/C20H19N5O3/c1-12-5-3-4-6-15(12)18(26)24-13-7-9-14(10-8-13)25-20(28)17-16(19(27)21-2)22-11-23-17/h3-11H,1-2H3,(H,21,27)(H,22,23)(H,24,26)(H,25,28). The second-order valence-electron chi connectivity index (χ2n) is 6.01. The number of amides is 3. The maximum Gasteiger partial charge on any atom is 0.274 e. The number of benzene rings is 2. The van der Waals surface area contributed by atoms with Crippen LogP contribution in [0.3, 0.4) is 0 Å². The predicted octanol–water partition coefficient (Wildman–Crippen LogP) is 2.58. The molecule has 4 N–H and O–H groups in total. The highest BCUT2D eigenvalue weighted by molar-refractivity contribution is 6.10. The molecule has 0 atom stereocenters. The molecule has 0 aliphatic heterocycles. The maximum atomic E-state index is 12.4. The average Bonchev–Trinajstić information content (AvgIpc) is 3.19. The van der Waals surface area contributed by atoms with Crippen LogP contribution in [0.4, 0.5) is 11.4 Å². The first-order valence-corrected chi connectivity index (χ1v) is 8.53. The third kappa shape index (κ3) is 4.07. The van der Waals surface area contributed by atoms with E-state index < -0.39 is 11.8 Å². The number of H-pyrrole nitrogens is 1. The molecule has 8 nitrogen and oxygen atoms in total. The van der Waals surface area contributed by atoms with Gasteiger partial charge in [-0.15, -0.1) is 0 Å². The van der Waals surface area contributed by atoms with Gasteiger partial charge in [-0.25, -0.2) is 4.98 Å². The van der Waals surface area contributed by atoms with Crippen LogP contribution in [0.2, 0.25) is 0 Å². The van der Waals surface area contributed by atoms with Crippen LogP contribution in [0.5, 0.6) is 0 Å². The Bertz CT molecular complexity index is 1020. The van der Waals surface area contributed by atoms with E-state index in [-0.39, 0.29) is 17.3 Å². The third-order valence-corrected chi connectivity index (χ3v) is 4.10. The van der Waals surface area contributed by atoms with E-state index in [2.05, 4.69) is 25.9 Å². The summed E-state index contributed by atoms with van der Waals surface area (Å²) in [5.41, 5.74) is 2.67. The van der Waals surface area contributed by atoms with E-state index in [0.717, 1.165) is 5.56 Å². The predicted molar refractivity (Wildman–Crippen MR) is 106 cm³/mol. The molecule has 0 radical (unpaired) electrons. The molecule has 3 rings (SSSR count). The molecular weight excluding hydrogens is 358 g/mol. The van der Waals surface area contributed by atoms with Crippen LogP contribution in [0.1, 0.15) is 36.9 Å². The van der Waals surface area contributed by atoms with E-state index in [1.807, 2.05) is 25.1 Å². The van der Waals surface area contributed by atoms with Crippen LogP contribution in [0.25, 0.3) is 0 Å². The molecule has 8 heteroatoms. The van der Waals surface area contributed by atoms with E-state index >= 15 is 0 Å². The Kier molecular flexibility index (Phi) is 5.50. The number of nitrogens with one attached hydrogen (secondary N) is 4. The summed E-state index contributed by atoms with van der Waals surface area (Å²) in [5, 5.41) is 7.93. The molecule has 142 valence electrons. The Labute approximate surface area is 161 Å². The van der Waals surface area contributed by atoms with Crippen molar-refractivity contribution >= 4 is 29.1 Å². The number of aromatic amines is 1. The van der Waals surface area contributed by atoms with Crippen LogP contribution >= 0.6 is 0 Å². The zero-order valence-corrected chi connectivity index (χ0v) is 15.4. The summed E-state index contributed by atoms with van der Waals surface area (Å²) in [7, 11) is 1.46. The molecule has 0 unspecified atom stereocenters. The van der Waals surface area contributed by atoms with Crippen molar-refractivity contribution in [1.82, 2.24) is 15.3 Å². The van der Waals surface area contributed by atoms with Gasteiger partial charge in [0.1, 0.15) is 5.69 Å². The smallest absolute Gasteiger partial charge is 0.274 e. The molecule has 0 spiro atoms. The number of hydrogen-bond donors (Lipinski definition) is 4. The number of carbonyl (C=O) groups is 3. The first-order valence-electron chi connectivity index (χ1n) is 8.53. The molecule has 2 aromatic carbocycles. The van der Waals surface area contributed by atoms with Gasteiger partial charge in [0.05, 0.1) is 6.33 Å². The number of hydrogen-bond acceptors (Lipinski definition) is 4. The minimum absolute atomic E-state index is 0.0158. The monoisotopic (exact) mass is 377 g/mol. The first-order chi connectivity index (χ1) is 13.5. The fourth-order valence-corrected chi connectivity index (χ4v) is 2.61. The summed E-state index contributed by atoms with van der Waals surface area (Å²) in [6.07, 6.45) is 1.28. The van der Waals surface area contributed by atoms with E-state index in [4.69, 9.17) is 0 Å². The largest absolute Gasteiger partial charge is 0.354 e. The molecule has 28 heavy (non-hydrogen) atoms. The lowest BCUT2D eigenvalue weighted by Crippen LogP contribution is -2.23. The highest BCUT2D eigenvalue weighted by atomic mass is 16.2. The average molecular weight is 377 g/mol. The number of aromatic nitrogens is 2. The summed E-state index contributed by atoms with van der Waals surface area (Å²) in [4.78, 5) is 43.0. The summed E-state index contributed by atoms with van der Waals surface area (Å²) >= 11 is 0. The Balaban J connectivity index is 1.67. The van der Waals surface area contributed by atoms with E-state index in [0.29, 0.717) is 16.9 Å². The molecule has 0 bridgehead atoms. The van der Waals surface area contributed by atoms with Crippen molar-refractivity contribution in [3.63, 3.8) is 0 Å². The van der Waals surface area contributed by atoms with Crippen molar-refractivity contribution in [2.24, 2.45) is 0 Å². The van der Waals surface area contributed by atoms with Crippen molar-refractivity contribution < 1.29 is 14.4 Å². The fraction of sp³-hybridized carbons (Fsp3) is 0.100. The van der Waals surface area contributed by atoms with Crippen LogP contribution in [-0.2, 0) is 0 Å². The third-order valence-electron chi connectivity index (χ3n) is 4.10. The molecule has 3 aromatic rings. The number of aryl methyl sites for hydroxylation is 1. The number of nitrogens with zero attached hydrogens (tertiary/aromatic N) is 1. The second-order valence-corrected chi connectivity index (χ2v) is 6.01. The molecule has 0 aliphatic rings. The topological polar surface area (TPSA) is 116 Å². The molecule has 0 fully saturated rings. The van der Waals surface area contributed by atoms with Gasteiger partial charge in [0.15, 0.2) is 5.69 Å². The van der Waals surface area contributed by atoms with Gasteiger partial charge >= 0.3 is 0 Å². The lowest BCUT2D eigenvalue weighted by molar-refractivity contribution is 0.0943. The van der Waals surface area contributed by atoms with Crippen LogP contribution in [0.15, 0.2) is 54.9 Å². The molecule has 1 heterocycles. The lowest BCUT2D eigenvalue weighted by atomic mass is 10.1. The van der Waals surface area contributed by atoms with Gasteiger partial charge in [-0.2, -0.15) is 0 Å². The quantitative estimate of drug-likeness (QED) is 0.547. The highest BCUT2D eigenvalue weighted by Gasteiger charge is 2.19. The lowest BCUT2D eigenvalue weighted by Gasteiger charge is -2.09. The van der Waals surface area contributed by atoms with Crippen LogP contribution in [0, 0.1) is 6.92 Å². The van der Waals surface area contributed by atoms with E-state index in [1.54, 1.807) is 30.3 Å². The SMILES string of the molecule is CNC(=O)c1nc[nH]c1C(=O)Nc1ccc(NC(=O)c2ccccc2C)cc1. The number of imidazole rings is 1. The van der Waals surface area contributed by atoms with Crippen molar-refractivity contribution in [3.8, 4) is 0 Å². The van der Waals surface area contributed by atoms with Gasteiger partial charge in [0.2, 0.25) is 0 Å². The minimum Gasteiger partial charge on any atom is -0.354 e. The normalized spacial score (nSPS) is 10.2. The molecule has 0 saturated heterocycles. The molecule has 1 aromatic heterocycles. The molecular formula is C20H19N5O3. The summed E-state index contributed by atoms with van der Waals surface area (Å²) in [6.45, 7) is 1.87. The summed E-state index contributed by atoms with van der Waals surface area (Å²) < 4.78 is 0. The van der Waals surface area contributed by atoms with Crippen LogP contribution in [-0.4, -0.2) is 34.7 Å². The zero-order chi connectivity index (χ0) is 20.1. The highest BCUT2D eigenvalue weighted by Crippen LogP contribution is 2.17. The summed E-state index contributed by atoms with van der Waals surface area (Å²) in [5.74, 6) is -1.16.